The number of ether oxygens (including phenoxy) is 1. The van der Waals surface area contributed by atoms with E-state index in [0.29, 0.717) is 30.9 Å². The highest BCUT2D eigenvalue weighted by Crippen LogP contribution is 2.32. The average molecular weight is 421 g/mol. The molecule has 1 saturated carbocycles. The van der Waals surface area contributed by atoms with Crippen LogP contribution in [0.3, 0.4) is 0 Å². The number of carbonyl (C=O) groups is 2. The van der Waals surface area contributed by atoms with E-state index in [4.69, 9.17) is 21.4 Å². The van der Waals surface area contributed by atoms with Crippen LogP contribution >= 0.6 is 11.6 Å². The van der Waals surface area contributed by atoms with Gasteiger partial charge in [0.15, 0.2) is 0 Å². The van der Waals surface area contributed by atoms with E-state index in [1.54, 1.807) is 18.2 Å². The number of carbonyl (C=O) groups excluding carboxylic acids is 1. The fraction of sp³-hybridized carbons (Fsp3) is 0.409. The highest BCUT2D eigenvalue weighted by atomic mass is 35.5. The zero-order chi connectivity index (χ0) is 21.3. The Balaban J connectivity index is 1.79. The largest absolute Gasteiger partial charge is 0.493 e. The van der Waals surface area contributed by atoms with E-state index < -0.39 is 18.2 Å². The zero-order valence-corrected chi connectivity index (χ0v) is 16.7. The summed E-state index contributed by atoms with van der Waals surface area (Å²) < 4.78 is 5.63. The molecular formula is C22H25ClO6. The summed E-state index contributed by atoms with van der Waals surface area (Å²) in [5, 5.41) is 27.6. The van der Waals surface area contributed by atoms with Crippen molar-refractivity contribution in [1.82, 2.24) is 0 Å². The summed E-state index contributed by atoms with van der Waals surface area (Å²) in [4.78, 5) is 22.7. The van der Waals surface area contributed by atoms with Crippen LogP contribution in [0.4, 0.5) is 0 Å². The number of hydrogen-bond acceptors (Lipinski definition) is 5. The second-order valence-corrected chi connectivity index (χ2v) is 7.37. The molecule has 1 aliphatic carbocycles. The molecule has 0 radical (unpaired) electrons. The first-order chi connectivity index (χ1) is 13.8. The molecule has 2 atom stereocenters. The van der Waals surface area contributed by atoms with Crippen LogP contribution in [-0.4, -0.2) is 39.5 Å². The fourth-order valence-electron chi connectivity index (χ4n) is 3.11. The lowest BCUT2D eigenvalue weighted by Gasteiger charge is -2.13. The molecule has 0 heterocycles. The van der Waals surface area contributed by atoms with Crippen molar-refractivity contribution in [2.75, 3.05) is 6.61 Å². The van der Waals surface area contributed by atoms with Crippen LogP contribution < -0.4 is 4.74 Å². The molecule has 1 aromatic carbocycles. The lowest BCUT2D eigenvalue weighted by Crippen LogP contribution is -2.37. The number of benzene rings is 1. The molecule has 1 aromatic rings. The number of aliphatic carboxylic acids is 1. The molecule has 2 rings (SSSR count). The molecule has 1 aliphatic rings. The zero-order valence-electron chi connectivity index (χ0n) is 16.0. The van der Waals surface area contributed by atoms with E-state index in [-0.39, 0.29) is 17.6 Å². The number of Topliss-reactive ketones (excluding diaryl/α,β-unsaturated/α-hetero) is 1. The van der Waals surface area contributed by atoms with Gasteiger partial charge in [0.25, 0.3) is 5.79 Å². The van der Waals surface area contributed by atoms with Gasteiger partial charge in [-0.25, -0.2) is 4.79 Å². The number of carboxylic acids is 1. The van der Waals surface area contributed by atoms with Crippen molar-refractivity contribution >= 4 is 23.4 Å². The Labute approximate surface area is 174 Å². The van der Waals surface area contributed by atoms with Crippen LogP contribution in [-0.2, 0) is 9.59 Å². The third-order valence-electron chi connectivity index (χ3n) is 4.72. The summed E-state index contributed by atoms with van der Waals surface area (Å²) >= 11 is 5.91. The minimum absolute atomic E-state index is 0.139. The van der Waals surface area contributed by atoms with Crippen molar-refractivity contribution < 1.29 is 29.6 Å². The van der Waals surface area contributed by atoms with Crippen LogP contribution in [0.15, 0.2) is 54.3 Å². The van der Waals surface area contributed by atoms with Gasteiger partial charge in [-0.3, -0.25) is 4.79 Å². The Morgan fingerprint density at radius 1 is 1.34 bits per heavy atom. The smallest absolute Gasteiger partial charge is 0.364 e. The topological polar surface area (TPSA) is 104 Å². The van der Waals surface area contributed by atoms with Gasteiger partial charge in [-0.2, -0.15) is 0 Å². The summed E-state index contributed by atoms with van der Waals surface area (Å²) in [5.41, 5.74) is 2.72. The number of carboxylic acid groups (broad SMARTS) is 1. The Kier molecular flexibility index (Phi) is 8.68. The molecule has 0 unspecified atom stereocenters. The maximum Gasteiger partial charge on any atom is 0.364 e. The highest BCUT2D eigenvalue weighted by molar-refractivity contribution is 6.30. The van der Waals surface area contributed by atoms with Crippen molar-refractivity contribution in [3.05, 3.63) is 59.3 Å². The van der Waals surface area contributed by atoms with Crippen LogP contribution in [0.25, 0.3) is 0 Å². The van der Waals surface area contributed by atoms with Crippen molar-refractivity contribution in [3.63, 3.8) is 0 Å². The van der Waals surface area contributed by atoms with E-state index in [1.165, 1.54) is 6.08 Å². The second kappa shape index (κ2) is 11.0. The van der Waals surface area contributed by atoms with Gasteiger partial charge >= 0.3 is 5.97 Å². The molecule has 6 nitrogen and oxygen atoms in total. The average Bonchev–Trinajstić information content (AvgIpc) is 3.01. The lowest BCUT2D eigenvalue weighted by molar-refractivity contribution is -0.201. The van der Waals surface area contributed by atoms with E-state index in [2.05, 4.69) is 5.73 Å². The summed E-state index contributed by atoms with van der Waals surface area (Å²) in [6, 6.07) is 7.21. The number of aliphatic hydroxyl groups is 2. The second-order valence-electron chi connectivity index (χ2n) is 6.93. The maximum absolute atomic E-state index is 12.1. The molecule has 0 saturated heterocycles. The first-order valence-corrected chi connectivity index (χ1v) is 9.82. The van der Waals surface area contributed by atoms with Gasteiger partial charge in [-0.1, -0.05) is 29.8 Å². The van der Waals surface area contributed by atoms with Gasteiger partial charge in [-0.15, -0.1) is 5.73 Å². The Morgan fingerprint density at radius 3 is 2.86 bits per heavy atom. The fourth-order valence-corrected chi connectivity index (χ4v) is 3.29. The van der Waals surface area contributed by atoms with Gasteiger partial charge in [-0.05, 0) is 55.5 Å². The van der Waals surface area contributed by atoms with Crippen LogP contribution in [0, 0.1) is 11.8 Å². The maximum atomic E-state index is 12.1. The van der Waals surface area contributed by atoms with Crippen LogP contribution in [0.2, 0.25) is 5.02 Å². The number of ketones is 1. The molecule has 29 heavy (non-hydrogen) atoms. The first-order valence-electron chi connectivity index (χ1n) is 9.45. The Morgan fingerprint density at radius 2 is 2.14 bits per heavy atom. The van der Waals surface area contributed by atoms with Crippen LogP contribution in [0.1, 0.15) is 32.1 Å². The minimum Gasteiger partial charge on any atom is -0.493 e. The normalized spacial score (nSPS) is 19.2. The van der Waals surface area contributed by atoms with Crippen molar-refractivity contribution in [3.8, 4) is 5.75 Å². The monoisotopic (exact) mass is 420 g/mol. The molecule has 1 fully saturated rings. The van der Waals surface area contributed by atoms with E-state index >= 15 is 0 Å². The van der Waals surface area contributed by atoms with Gasteiger partial charge in [0.1, 0.15) is 11.5 Å². The molecule has 156 valence electrons. The molecular weight excluding hydrogens is 396 g/mol. The predicted molar refractivity (Wildman–Crippen MR) is 109 cm³/mol. The highest BCUT2D eigenvalue weighted by Gasteiger charge is 2.32. The Bertz CT molecular complexity index is 807. The SMILES string of the molecule is O=C1CC[C@H](/C=C/CCOc2cccc(Cl)c2)[C@H]1CC=C=CCC(O)(O)C(=O)O. The molecule has 7 heteroatoms. The third kappa shape index (κ3) is 7.52. The van der Waals surface area contributed by atoms with Crippen LogP contribution in [0.5, 0.6) is 5.75 Å². The molecule has 0 aliphatic heterocycles. The first kappa shape index (κ1) is 22.9. The lowest BCUT2D eigenvalue weighted by atomic mass is 9.91. The summed E-state index contributed by atoms with van der Waals surface area (Å²) in [5.74, 6) is -3.62. The standard InChI is InChI=1S/C22H25ClO6/c23-17-8-6-9-18(15-17)29-14-5-3-7-16-11-12-20(24)19(16)10-2-1-4-13-22(27,28)21(25)26/h2-4,6-9,15-16,19,27-28H,5,10-14H2,(H,25,26)/b7-3+/t1?,16-,19+/m0/s1. The molecule has 0 aromatic heterocycles. The van der Waals surface area contributed by atoms with Crippen molar-refractivity contribution in [1.29, 1.82) is 0 Å². The number of hydrogen-bond donors (Lipinski definition) is 3. The van der Waals surface area contributed by atoms with Gasteiger partial charge in [0.2, 0.25) is 0 Å². The molecule has 3 N–H and O–H groups in total. The minimum atomic E-state index is -2.80. The van der Waals surface area contributed by atoms with E-state index in [0.717, 1.165) is 12.2 Å². The van der Waals surface area contributed by atoms with Crippen molar-refractivity contribution in [2.24, 2.45) is 11.8 Å². The van der Waals surface area contributed by atoms with Gasteiger partial charge in [0, 0.05) is 23.8 Å². The van der Waals surface area contributed by atoms with Gasteiger partial charge < -0.3 is 20.1 Å². The summed E-state index contributed by atoms with van der Waals surface area (Å²) in [6.45, 7) is 0.512. The number of allylic oxidation sites excluding steroid dienone is 1. The summed E-state index contributed by atoms with van der Waals surface area (Å²) in [7, 11) is 0. The predicted octanol–water partition coefficient (Wildman–Crippen LogP) is 3.52. The quantitative estimate of drug-likeness (QED) is 0.231. The van der Waals surface area contributed by atoms with E-state index in [1.807, 2.05) is 24.3 Å². The van der Waals surface area contributed by atoms with Gasteiger partial charge in [0.05, 0.1) is 6.61 Å². The van der Waals surface area contributed by atoms with E-state index in [9.17, 15) is 19.8 Å². The summed E-state index contributed by atoms with van der Waals surface area (Å²) in [6.07, 6.45) is 8.97. The number of rotatable bonds is 10. The Hall–Kier alpha value is -2.37. The number of halogens is 1. The molecule has 0 bridgehead atoms. The third-order valence-corrected chi connectivity index (χ3v) is 4.96. The molecule has 0 spiro atoms. The molecule has 0 amide bonds. The van der Waals surface area contributed by atoms with Crippen molar-refractivity contribution in [2.45, 2.75) is 37.9 Å².